The first-order valence-corrected chi connectivity index (χ1v) is 3.72. The Balaban J connectivity index is 0. The van der Waals surface area contributed by atoms with Crippen LogP contribution in [-0.2, 0) is 0 Å². The van der Waals surface area contributed by atoms with Gasteiger partial charge in [0.15, 0.2) is 5.15 Å². The molecular weight excluding hydrogens is 246 g/mol. The smallest absolute Gasteiger partial charge is 0.450 e. The first kappa shape index (κ1) is 16.2. The lowest BCUT2D eigenvalue weighted by Crippen LogP contribution is -1.90. The average Bonchev–Trinajstić information content (AvgIpc) is 2.08. The summed E-state index contributed by atoms with van der Waals surface area (Å²) in [4.78, 5) is 17.1. The number of carboxylic acid groups (broad SMARTS) is 4. The Hall–Kier alpha value is -2.29. The maximum Gasteiger partial charge on any atom is 0.503 e. The zero-order valence-corrected chi connectivity index (χ0v) is 8.37. The van der Waals surface area contributed by atoms with Crippen molar-refractivity contribution in [2.45, 2.75) is 0 Å². The third-order valence-electron chi connectivity index (χ3n) is 0.653. The van der Waals surface area contributed by atoms with Crippen molar-refractivity contribution in [1.29, 1.82) is 0 Å². The molecule has 0 fully saturated rings. The fraction of sp³-hybridized carbons (Fsp3) is 0. The van der Waals surface area contributed by atoms with Gasteiger partial charge in [-0.3, -0.25) is 0 Å². The molecule has 90 valence electrons. The van der Waals surface area contributed by atoms with Crippen LogP contribution in [0, 0.1) is 0 Å². The normalized spacial score (nSPS) is 7.56. The summed E-state index contributed by atoms with van der Waals surface area (Å²) in [6.07, 6.45) is -3.67. The lowest BCUT2D eigenvalue weighted by atomic mass is 10.5. The third-order valence-corrected chi connectivity index (χ3v) is 0.854. The zero-order chi connectivity index (χ0) is 13.1. The Morgan fingerprint density at radius 1 is 1.06 bits per heavy atom. The number of nitrogen functional groups attached to an aromatic ring is 1. The summed E-state index contributed by atoms with van der Waals surface area (Å²) in [5.74, 6) is 0.384. The minimum absolute atomic E-state index is 0.360. The van der Waals surface area contributed by atoms with Crippen LogP contribution >= 0.6 is 11.6 Å². The molecule has 0 radical (unpaired) electrons. The monoisotopic (exact) mass is 253 g/mol. The number of nitrogens with two attached hydrogens (primary N) is 1. The van der Waals surface area contributed by atoms with Crippen LogP contribution in [0.4, 0.5) is 15.4 Å². The summed E-state index contributed by atoms with van der Waals surface area (Å²) in [5, 5.41) is 35.2. The lowest BCUT2D eigenvalue weighted by molar-refractivity contribution is 0.135. The number of anilines is 1. The zero-order valence-electron chi connectivity index (χ0n) is 7.61. The van der Waals surface area contributed by atoms with E-state index in [4.69, 9.17) is 47.3 Å². The summed E-state index contributed by atoms with van der Waals surface area (Å²) < 4.78 is 0. The van der Waals surface area contributed by atoms with Crippen LogP contribution < -0.4 is 5.73 Å². The van der Waals surface area contributed by atoms with Gasteiger partial charge in [0.1, 0.15) is 5.82 Å². The molecule has 0 saturated heterocycles. The van der Waals surface area contributed by atoms with Crippen LogP contribution in [0.3, 0.4) is 0 Å². The van der Waals surface area contributed by atoms with E-state index in [0.29, 0.717) is 11.0 Å². The van der Waals surface area contributed by atoms with Crippen LogP contribution in [0.5, 0.6) is 0 Å². The van der Waals surface area contributed by atoms with E-state index in [-0.39, 0.29) is 0 Å². The summed E-state index contributed by atoms with van der Waals surface area (Å²) >= 11 is 5.38. The molecule has 0 aliphatic carbocycles. The fourth-order valence-electron chi connectivity index (χ4n) is 0.326. The van der Waals surface area contributed by atoms with Gasteiger partial charge in [0, 0.05) is 0 Å². The van der Waals surface area contributed by atoms with E-state index < -0.39 is 12.3 Å². The number of aromatic nitrogens is 2. The highest BCUT2D eigenvalue weighted by molar-refractivity contribution is 6.29. The molecule has 1 rings (SSSR count). The molecule has 0 aliphatic rings. The van der Waals surface area contributed by atoms with Gasteiger partial charge in [0.25, 0.3) is 0 Å². The summed E-state index contributed by atoms with van der Waals surface area (Å²) in [7, 11) is 0. The van der Waals surface area contributed by atoms with Crippen LogP contribution in [-0.4, -0.2) is 42.9 Å². The van der Waals surface area contributed by atoms with Gasteiger partial charge in [0.2, 0.25) is 0 Å². The largest absolute Gasteiger partial charge is 0.503 e. The Bertz CT molecular complexity index is 289. The van der Waals surface area contributed by atoms with E-state index >= 15 is 0 Å². The van der Waals surface area contributed by atoms with Crippen molar-refractivity contribution < 1.29 is 30.0 Å². The van der Waals surface area contributed by atoms with E-state index in [9.17, 15) is 0 Å². The second-order valence-corrected chi connectivity index (χ2v) is 2.23. The van der Waals surface area contributed by atoms with Gasteiger partial charge < -0.3 is 26.2 Å². The van der Waals surface area contributed by atoms with Crippen molar-refractivity contribution >= 4 is 29.7 Å². The second-order valence-electron chi connectivity index (χ2n) is 1.85. The molecule has 1 aromatic rings. The van der Waals surface area contributed by atoms with Gasteiger partial charge in [-0.25, -0.2) is 9.59 Å². The number of hydrogen-bond acceptors (Lipinski definition) is 5. The van der Waals surface area contributed by atoms with Gasteiger partial charge in [-0.1, -0.05) is 11.6 Å². The lowest BCUT2D eigenvalue weighted by Gasteiger charge is -1.86. The van der Waals surface area contributed by atoms with E-state index in [1.54, 1.807) is 12.1 Å². The fourth-order valence-corrected chi connectivity index (χ4v) is 0.427. The van der Waals surface area contributed by atoms with Gasteiger partial charge >= 0.3 is 12.3 Å². The summed E-state index contributed by atoms with van der Waals surface area (Å²) in [5.41, 5.74) is 5.19. The summed E-state index contributed by atoms with van der Waals surface area (Å²) in [6.45, 7) is 0. The van der Waals surface area contributed by atoms with Gasteiger partial charge in [-0.2, -0.15) is 0 Å². The molecule has 0 aromatic carbocycles. The first-order chi connectivity index (χ1) is 7.25. The predicted molar refractivity (Wildman–Crippen MR) is 52.8 cm³/mol. The predicted octanol–water partition coefficient (Wildman–Crippen LogP) is 1.16. The van der Waals surface area contributed by atoms with E-state index in [0.717, 1.165) is 0 Å². The molecule has 1 aromatic heterocycles. The molecule has 0 saturated carbocycles. The molecule has 0 aliphatic heterocycles. The topological polar surface area (TPSA) is 167 Å². The maximum absolute atomic E-state index is 8.56. The van der Waals surface area contributed by atoms with Crippen LogP contribution in [0.15, 0.2) is 12.1 Å². The highest BCUT2D eigenvalue weighted by Gasteiger charge is 1.85. The second kappa shape index (κ2) is 9.27. The molecule has 9 nitrogen and oxygen atoms in total. The molecule has 6 N–H and O–H groups in total. The van der Waals surface area contributed by atoms with Crippen molar-refractivity contribution in [2.75, 3.05) is 5.73 Å². The van der Waals surface area contributed by atoms with Crippen molar-refractivity contribution in [1.82, 2.24) is 10.2 Å². The Morgan fingerprint density at radius 3 is 1.62 bits per heavy atom. The first-order valence-electron chi connectivity index (χ1n) is 3.34. The number of rotatable bonds is 0. The highest BCUT2D eigenvalue weighted by atomic mass is 35.5. The molecule has 0 unspecified atom stereocenters. The molecule has 0 spiro atoms. The third kappa shape index (κ3) is 22.6. The molecule has 16 heavy (non-hydrogen) atoms. The maximum atomic E-state index is 8.56. The van der Waals surface area contributed by atoms with Crippen LogP contribution in [0.25, 0.3) is 0 Å². The highest BCUT2D eigenvalue weighted by Crippen LogP contribution is 2.01. The quantitative estimate of drug-likeness (QED) is 0.455. The Morgan fingerprint density at radius 2 is 1.44 bits per heavy atom. The molecule has 0 bridgehead atoms. The molecule has 10 heteroatoms. The molecule has 0 atom stereocenters. The number of hydrogen-bond donors (Lipinski definition) is 5. The van der Waals surface area contributed by atoms with Gasteiger partial charge in [-0.15, -0.1) is 10.2 Å². The van der Waals surface area contributed by atoms with E-state index in [1.165, 1.54) is 0 Å². The molecule has 0 amide bonds. The van der Waals surface area contributed by atoms with Crippen molar-refractivity contribution in [3.8, 4) is 0 Å². The summed E-state index contributed by atoms with van der Waals surface area (Å²) in [6, 6.07) is 3.18. The SMILES string of the molecule is Nc1ccc(Cl)nn1.O=C(O)O.O=C(O)O. The Labute approximate surface area is 93.7 Å². The standard InChI is InChI=1S/C4H4ClN3.2CH2O3/c5-3-1-2-4(6)8-7-3;2*2-1(3)4/h1-2H,(H2,6,8);2*(H2,2,3,4). The van der Waals surface area contributed by atoms with E-state index in [1.807, 2.05) is 0 Å². The van der Waals surface area contributed by atoms with Gasteiger partial charge in [-0.05, 0) is 12.1 Å². The molecule has 1 heterocycles. The van der Waals surface area contributed by atoms with Crippen LogP contribution in [0.1, 0.15) is 0 Å². The number of halogens is 1. The average molecular weight is 254 g/mol. The van der Waals surface area contributed by atoms with Gasteiger partial charge in [0.05, 0.1) is 0 Å². The Kier molecular flexibility index (Phi) is 9.36. The number of nitrogens with zero attached hydrogens (tertiary/aromatic N) is 2. The van der Waals surface area contributed by atoms with Crippen molar-refractivity contribution in [3.63, 3.8) is 0 Å². The molecular formula is C6H8ClN3O6. The number of carbonyl (C=O) groups is 2. The van der Waals surface area contributed by atoms with E-state index in [2.05, 4.69) is 10.2 Å². The van der Waals surface area contributed by atoms with Crippen molar-refractivity contribution in [3.05, 3.63) is 17.3 Å². The minimum Gasteiger partial charge on any atom is -0.450 e. The van der Waals surface area contributed by atoms with Crippen LogP contribution in [0.2, 0.25) is 5.15 Å². The minimum atomic E-state index is -1.83. The van der Waals surface area contributed by atoms with Crippen molar-refractivity contribution in [2.24, 2.45) is 0 Å².